The molecular formula is C16H29N5O6. The Morgan fingerprint density at radius 1 is 0.815 bits per heavy atom. The lowest BCUT2D eigenvalue weighted by molar-refractivity contribution is -0.383. The molecule has 0 spiro atoms. The zero-order chi connectivity index (χ0) is 20.1. The Hall–Kier alpha value is -2.08. The van der Waals surface area contributed by atoms with E-state index < -0.39 is 4.92 Å². The van der Waals surface area contributed by atoms with Gasteiger partial charge in [0, 0.05) is 54.6 Å². The van der Waals surface area contributed by atoms with Crippen LogP contribution in [0.4, 0.5) is 17.3 Å². The lowest BCUT2D eigenvalue weighted by atomic mass is 10.3. The number of hydrogen-bond donors (Lipinski definition) is 0. The molecule has 0 saturated carbocycles. The Kier molecular flexibility index (Phi) is 11.2. The van der Waals surface area contributed by atoms with Gasteiger partial charge in [0.15, 0.2) is 0 Å². The summed E-state index contributed by atoms with van der Waals surface area (Å²) in [6.07, 6.45) is 1.33. The van der Waals surface area contributed by atoms with E-state index in [1.165, 1.54) is 6.33 Å². The number of anilines is 2. The first kappa shape index (κ1) is 23.0. The molecule has 0 atom stereocenters. The molecule has 1 rings (SSSR count). The third-order valence-electron chi connectivity index (χ3n) is 3.83. The maximum Gasteiger partial charge on any atom is 0.353 e. The fraction of sp³-hybridized carbons (Fsp3) is 0.750. The Morgan fingerprint density at radius 3 is 1.41 bits per heavy atom. The lowest BCUT2D eigenvalue weighted by Crippen LogP contribution is -2.35. The van der Waals surface area contributed by atoms with Gasteiger partial charge in [0.2, 0.25) is 11.6 Å². The van der Waals surface area contributed by atoms with E-state index in [-0.39, 0.29) is 17.3 Å². The van der Waals surface area contributed by atoms with Gasteiger partial charge in [-0.15, -0.1) is 0 Å². The fourth-order valence-electron chi connectivity index (χ4n) is 2.44. The quantitative estimate of drug-likeness (QED) is 0.313. The Bertz CT molecular complexity index is 508. The molecule has 11 heteroatoms. The van der Waals surface area contributed by atoms with Crippen LogP contribution in [0.15, 0.2) is 6.33 Å². The second-order valence-electron chi connectivity index (χ2n) is 5.57. The molecule has 0 aliphatic carbocycles. The van der Waals surface area contributed by atoms with E-state index >= 15 is 0 Å². The van der Waals surface area contributed by atoms with E-state index in [9.17, 15) is 10.1 Å². The largest absolute Gasteiger partial charge is 0.383 e. The molecule has 1 heterocycles. The Morgan fingerprint density at radius 2 is 1.15 bits per heavy atom. The second-order valence-corrected chi connectivity index (χ2v) is 5.57. The highest BCUT2D eigenvalue weighted by atomic mass is 16.6. The van der Waals surface area contributed by atoms with Gasteiger partial charge >= 0.3 is 5.69 Å². The van der Waals surface area contributed by atoms with E-state index in [0.29, 0.717) is 52.6 Å². The molecule has 1 aromatic rings. The SMILES string of the molecule is COCCN(CCOC)c1ncnc(N(CCOC)CCOC)c1[N+](=O)[O-]. The molecule has 0 aliphatic heterocycles. The van der Waals surface area contributed by atoms with Crippen molar-refractivity contribution in [2.75, 3.05) is 90.8 Å². The fourth-order valence-corrected chi connectivity index (χ4v) is 2.44. The summed E-state index contributed by atoms with van der Waals surface area (Å²) in [6, 6.07) is 0. The molecule has 1 aromatic heterocycles. The summed E-state index contributed by atoms with van der Waals surface area (Å²) in [7, 11) is 6.30. The van der Waals surface area contributed by atoms with Gasteiger partial charge in [0.25, 0.3) is 0 Å². The van der Waals surface area contributed by atoms with Crippen LogP contribution in [-0.2, 0) is 18.9 Å². The average Bonchev–Trinajstić information content (AvgIpc) is 2.67. The minimum absolute atomic E-state index is 0.156. The predicted octanol–water partition coefficient (Wildman–Crippen LogP) is 0.583. The van der Waals surface area contributed by atoms with Crippen molar-refractivity contribution in [2.45, 2.75) is 0 Å². The first-order valence-corrected chi connectivity index (χ1v) is 8.55. The van der Waals surface area contributed by atoms with E-state index in [4.69, 9.17) is 18.9 Å². The molecule has 0 radical (unpaired) electrons. The first-order valence-electron chi connectivity index (χ1n) is 8.55. The van der Waals surface area contributed by atoms with Crippen LogP contribution in [0.2, 0.25) is 0 Å². The van der Waals surface area contributed by atoms with Gasteiger partial charge in [-0.1, -0.05) is 0 Å². The average molecular weight is 387 g/mol. The van der Waals surface area contributed by atoms with Crippen LogP contribution in [-0.4, -0.2) is 95.9 Å². The minimum atomic E-state index is -0.454. The number of ether oxygens (including phenoxy) is 4. The molecule has 11 nitrogen and oxygen atoms in total. The van der Waals surface area contributed by atoms with Crippen molar-refractivity contribution >= 4 is 17.3 Å². The molecule has 0 saturated heterocycles. The van der Waals surface area contributed by atoms with Gasteiger partial charge < -0.3 is 28.7 Å². The van der Waals surface area contributed by atoms with Crippen molar-refractivity contribution < 1.29 is 23.9 Å². The molecule has 0 bridgehead atoms. The Labute approximate surface area is 159 Å². The van der Waals surface area contributed by atoms with E-state index in [2.05, 4.69) is 9.97 Å². The first-order chi connectivity index (χ1) is 13.1. The van der Waals surface area contributed by atoms with Gasteiger partial charge in [-0.25, -0.2) is 9.97 Å². The number of nitro groups is 1. The molecule has 0 unspecified atom stereocenters. The molecule has 154 valence electrons. The second kappa shape index (κ2) is 13.1. The van der Waals surface area contributed by atoms with E-state index in [1.54, 1.807) is 38.2 Å². The topological polar surface area (TPSA) is 112 Å². The number of rotatable bonds is 15. The van der Waals surface area contributed by atoms with Crippen LogP contribution in [0, 0.1) is 10.1 Å². The maximum absolute atomic E-state index is 11.9. The standard InChI is InChI=1S/C16H29N5O6/c1-24-9-5-19(6-10-25-2)15-14(21(22)23)16(18-13-17-15)20(7-11-26-3)8-12-27-4/h13H,5-12H2,1-4H3. The van der Waals surface area contributed by atoms with Gasteiger partial charge in [0.05, 0.1) is 31.4 Å². The number of methoxy groups -OCH3 is 4. The molecule has 0 aliphatic rings. The van der Waals surface area contributed by atoms with Crippen LogP contribution >= 0.6 is 0 Å². The summed E-state index contributed by atoms with van der Waals surface area (Å²) in [5.41, 5.74) is -0.156. The summed E-state index contributed by atoms with van der Waals surface area (Å²) in [6.45, 7) is 3.35. The number of hydrogen-bond acceptors (Lipinski definition) is 10. The van der Waals surface area contributed by atoms with E-state index in [0.717, 1.165) is 0 Å². The van der Waals surface area contributed by atoms with Crippen LogP contribution in [0.5, 0.6) is 0 Å². The molecule has 27 heavy (non-hydrogen) atoms. The molecule has 0 N–H and O–H groups in total. The summed E-state index contributed by atoms with van der Waals surface area (Å²) in [5, 5.41) is 11.9. The van der Waals surface area contributed by atoms with Gasteiger partial charge in [-0.05, 0) is 0 Å². The van der Waals surface area contributed by atoms with Crippen molar-refractivity contribution in [3.63, 3.8) is 0 Å². The van der Waals surface area contributed by atoms with Crippen molar-refractivity contribution in [3.05, 3.63) is 16.4 Å². The zero-order valence-electron chi connectivity index (χ0n) is 16.4. The minimum Gasteiger partial charge on any atom is -0.383 e. The lowest BCUT2D eigenvalue weighted by Gasteiger charge is -2.26. The number of aromatic nitrogens is 2. The highest BCUT2D eigenvalue weighted by Gasteiger charge is 2.29. The molecular weight excluding hydrogens is 358 g/mol. The van der Waals surface area contributed by atoms with Crippen LogP contribution in [0.25, 0.3) is 0 Å². The van der Waals surface area contributed by atoms with Gasteiger partial charge in [-0.3, -0.25) is 10.1 Å². The zero-order valence-corrected chi connectivity index (χ0v) is 16.4. The molecule has 0 amide bonds. The smallest absolute Gasteiger partial charge is 0.353 e. The van der Waals surface area contributed by atoms with Gasteiger partial charge in [0.1, 0.15) is 6.33 Å². The highest BCUT2D eigenvalue weighted by molar-refractivity contribution is 5.71. The maximum atomic E-state index is 11.9. The van der Waals surface area contributed by atoms with Crippen molar-refractivity contribution in [1.82, 2.24) is 9.97 Å². The monoisotopic (exact) mass is 387 g/mol. The third-order valence-corrected chi connectivity index (χ3v) is 3.83. The van der Waals surface area contributed by atoms with Crippen LogP contribution < -0.4 is 9.80 Å². The normalized spacial score (nSPS) is 10.8. The third kappa shape index (κ3) is 7.21. The van der Waals surface area contributed by atoms with Crippen molar-refractivity contribution in [1.29, 1.82) is 0 Å². The van der Waals surface area contributed by atoms with E-state index in [1.807, 2.05) is 0 Å². The van der Waals surface area contributed by atoms with Crippen LogP contribution in [0.1, 0.15) is 0 Å². The summed E-state index contributed by atoms with van der Waals surface area (Å²) >= 11 is 0. The number of nitrogens with zero attached hydrogens (tertiary/aromatic N) is 5. The van der Waals surface area contributed by atoms with Crippen molar-refractivity contribution in [2.24, 2.45) is 0 Å². The molecule has 0 aromatic carbocycles. The highest BCUT2D eigenvalue weighted by Crippen LogP contribution is 2.34. The van der Waals surface area contributed by atoms with Gasteiger partial charge in [-0.2, -0.15) is 0 Å². The van der Waals surface area contributed by atoms with Crippen molar-refractivity contribution in [3.8, 4) is 0 Å². The summed E-state index contributed by atoms with van der Waals surface area (Å²) in [4.78, 5) is 23.3. The Balaban J connectivity index is 3.30. The van der Waals surface area contributed by atoms with Crippen LogP contribution in [0.3, 0.4) is 0 Å². The molecule has 0 fully saturated rings. The predicted molar refractivity (Wildman–Crippen MR) is 101 cm³/mol. The summed E-state index contributed by atoms with van der Waals surface area (Å²) < 4.78 is 20.5. The summed E-state index contributed by atoms with van der Waals surface area (Å²) in [5.74, 6) is 0.470.